The van der Waals surface area contributed by atoms with Crippen molar-refractivity contribution in [2.45, 2.75) is 33.1 Å². The Hall–Kier alpha value is -1.44. The standard InChI is InChI=1S/C15H22O2/c1-5-12(6-2)7-8-13-9-10-14(16-3)15(11-13)17-4/h5,9-11H,6-8H2,1-4H3/b12-5+. The number of allylic oxidation sites excluding steroid dienone is 2. The number of hydrogen-bond acceptors (Lipinski definition) is 2. The minimum atomic E-state index is 0.790. The number of methoxy groups -OCH3 is 2. The van der Waals surface area contributed by atoms with Crippen molar-refractivity contribution < 1.29 is 9.47 Å². The summed E-state index contributed by atoms with van der Waals surface area (Å²) in [5, 5.41) is 0. The molecule has 0 radical (unpaired) electrons. The number of aryl methyl sites for hydroxylation is 1. The van der Waals surface area contributed by atoms with Gasteiger partial charge in [0.05, 0.1) is 14.2 Å². The lowest BCUT2D eigenvalue weighted by molar-refractivity contribution is 0.354. The van der Waals surface area contributed by atoms with Crippen LogP contribution in [0.3, 0.4) is 0 Å². The van der Waals surface area contributed by atoms with Crippen LogP contribution >= 0.6 is 0 Å². The summed E-state index contributed by atoms with van der Waals surface area (Å²) in [5.74, 6) is 1.60. The second-order valence-corrected chi connectivity index (χ2v) is 3.99. The summed E-state index contributed by atoms with van der Waals surface area (Å²) in [5.41, 5.74) is 2.79. The molecular formula is C15H22O2. The molecule has 17 heavy (non-hydrogen) atoms. The fourth-order valence-corrected chi connectivity index (χ4v) is 1.87. The monoisotopic (exact) mass is 234 g/mol. The minimum Gasteiger partial charge on any atom is -0.493 e. The van der Waals surface area contributed by atoms with Crippen LogP contribution < -0.4 is 9.47 Å². The number of hydrogen-bond donors (Lipinski definition) is 0. The van der Waals surface area contributed by atoms with E-state index in [1.807, 2.05) is 6.07 Å². The molecule has 2 heteroatoms. The molecule has 0 spiro atoms. The average molecular weight is 234 g/mol. The Bertz CT molecular complexity index is 381. The van der Waals surface area contributed by atoms with Crippen LogP contribution in [0.25, 0.3) is 0 Å². The van der Waals surface area contributed by atoms with Crippen LogP contribution in [-0.2, 0) is 6.42 Å². The molecule has 0 aliphatic heterocycles. The van der Waals surface area contributed by atoms with Crippen molar-refractivity contribution in [3.8, 4) is 11.5 Å². The molecule has 0 N–H and O–H groups in total. The van der Waals surface area contributed by atoms with Gasteiger partial charge >= 0.3 is 0 Å². The van der Waals surface area contributed by atoms with Gasteiger partial charge in [-0.1, -0.05) is 24.6 Å². The normalized spacial score (nSPS) is 11.4. The molecule has 0 unspecified atom stereocenters. The highest BCUT2D eigenvalue weighted by molar-refractivity contribution is 5.43. The van der Waals surface area contributed by atoms with Crippen LogP contribution in [-0.4, -0.2) is 14.2 Å². The fraction of sp³-hybridized carbons (Fsp3) is 0.467. The van der Waals surface area contributed by atoms with Crippen LogP contribution in [0.5, 0.6) is 11.5 Å². The first-order valence-electron chi connectivity index (χ1n) is 6.10. The Morgan fingerprint density at radius 2 is 1.88 bits per heavy atom. The number of rotatable bonds is 6. The van der Waals surface area contributed by atoms with E-state index in [0.717, 1.165) is 30.8 Å². The molecule has 0 saturated heterocycles. The fourth-order valence-electron chi connectivity index (χ4n) is 1.87. The molecule has 1 rings (SSSR count). The van der Waals surface area contributed by atoms with E-state index in [-0.39, 0.29) is 0 Å². The molecule has 0 atom stereocenters. The lowest BCUT2D eigenvalue weighted by Gasteiger charge is -2.10. The Balaban J connectivity index is 2.72. The molecule has 0 bridgehead atoms. The zero-order valence-electron chi connectivity index (χ0n) is 11.2. The lowest BCUT2D eigenvalue weighted by atomic mass is 10.0. The molecular weight excluding hydrogens is 212 g/mol. The Morgan fingerprint density at radius 3 is 2.41 bits per heavy atom. The topological polar surface area (TPSA) is 18.5 Å². The van der Waals surface area contributed by atoms with Gasteiger partial charge < -0.3 is 9.47 Å². The molecule has 0 fully saturated rings. The van der Waals surface area contributed by atoms with Gasteiger partial charge in [0.15, 0.2) is 11.5 Å². The maximum absolute atomic E-state index is 5.30. The van der Waals surface area contributed by atoms with Gasteiger partial charge in [0, 0.05) is 0 Å². The smallest absolute Gasteiger partial charge is 0.160 e. The lowest BCUT2D eigenvalue weighted by Crippen LogP contribution is -1.93. The van der Waals surface area contributed by atoms with Crippen LogP contribution in [0.15, 0.2) is 29.8 Å². The summed E-state index contributed by atoms with van der Waals surface area (Å²) in [6, 6.07) is 6.13. The highest BCUT2D eigenvalue weighted by Crippen LogP contribution is 2.28. The summed E-state index contributed by atoms with van der Waals surface area (Å²) < 4.78 is 10.5. The van der Waals surface area contributed by atoms with E-state index in [4.69, 9.17) is 9.47 Å². The van der Waals surface area contributed by atoms with Gasteiger partial charge in [-0.3, -0.25) is 0 Å². The van der Waals surface area contributed by atoms with Crippen molar-refractivity contribution in [1.29, 1.82) is 0 Å². The van der Waals surface area contributed by atoms with E-state index < -0.39 is 0 Å². The first kappa shape index (κ1) is 13.6. The highest BCUT2D eigenvalue weighted by Gasteiger charge is 2.04. The SMILES string of the molecule is C/C=C(\CC)CCc1ccc(OC)c(OC)c1. The summed E-state index contributed by atoms with van der Waals surface area (Å²) in [4.78, 5) is 0. The largest absolute Gasteiger partial charge is 0.493 e. The number of ether oxygens (including phenoxy) is 2. The molecule has 2 nitrogen and oxygen atoms in total. The number of benzene rings is 1. The second kappa shape index (κ2) is 7.00. The quantitative estimate of drug-likeness (QED) is 0.693. The maximum Gasteiger partial charge on any atom is 0.160 e. The molecule has 0 amide bonds. The van der Waals surface area contributed by atoms with Crippen LogP contribution in [0.4, 0.5) is 0 Å². The Labute approximate surface area is 104 Å². The van der Waals surface area contributed by atoms with Gasteiger partial charge in [0.2, 0.25) is 0 Å². The molecule has 94 valence electrons. The predicted octanol–water partition coefficient (Wildman–Crippen LogP) is 3.99. The van der Waals surface area contributed by atoms with E-state index >= 15 is 0 Å². The van der Waals surface area contributed by atoms with E-state index in [0.29, 0.717) is 0 Å². The van der Waals surface area contributed by atoms with Gasteiger partial charge in [-0.15, -0.1) is 0 Å². The van der Waals surface area contributed by atoms with Crippen LogP contribution in [0.1, 0.15) is 32.3 Å². The Morgan fingerprint density at radius 1 is 1.18 bits per heavy atom. The zero-order chi connectivity index (χ0) is 12.7. The van der Waals surface area contributed by atoms with E-state index in [9.17, 15) is 0 Å². The first-order valence-corrected chi connectivity index (χ1v) is 6.10. The van der Waals surface area contributed by atoms with E-state index in [1.165, 1.54) is 11.1 Å². The molecule has 1 aromatic rings. The van der Waals surface area contributed by atoms with Crippen molar-refractivity contribution in [3.05, 3.63) is 35.4 Å². The summed E-state index contributed by atoms with van der Waals surface area (Å²) in [6.45, 7) is 4.30. The summed E-state index contributed by atoms with van der Waals surface area (Å²) in [7, 11) is 3.33. The van der Waals surface area contributed by atoms with Gasteiger partial charge in [-0.05, 0) is 43.9 Å². The van der Waals surface area contributed by atoms with Crippen molar-refractivity contribution >= 4 is 0 Å². The van der Waals surface area contributed by atoms with Gasteiger partial charge in [0.25, 0.3) is 0 Å². The molecule has 1 aromatic carbocycles. The predicted molar refractivity (Wildman–Crippen MR) is 71.9 cm³/mol. The van der Waals surface area contributed by atoms with Crippen molar-refractivity contribution in [2.24, 2.45) is 0 Å². The second-order valence-electron chi connectivity index (χ2n) is 3.99. The maximum atomic E-state index is 5.30. The summed E-state index contributed by atoms with van der Waals surface area (Å²) >= 11 is 0. The third-order valence-electron chi connectivity index (χ3n) is 3.05. The molecule has 0 saturated carbocycles. The van der Waals surface area contributed by atoms with Crippen molar-refractivity contribution in [1.82, 2.24) is 0 Å². The van der Waals surface area contributed by atoms with Crippen molar-refractivity contribution in [2.75, 3.05) is 14.2 Å². The van der Waals surface area contributed by atoms with Gasteiger partial charge in [0.1, 0.15) is 0 Å². The van der Waals surface area contributed by atoms with E-state index in [2.05, 4.69) is 32.1 Å². The zero-order valence-corrected chi connectivity index (χ0v) is 11.2. The Kier molecular flexibility index (Phi) is 5.61. The van der Waals surface area contributed by atoms with Gasteiger partial charge in [-0.2, -0.15) is 0 Å². The van der Waals surface area contributed by atoms with Gasteiger partial charge in [-0.25, -0.2) is 0 Å². The summed E-state index contributed by atoms with van der Waals surface area (Å²) in [6.07, 6.45) is 5.50. The first-order chi connectivity index (χ1) is 8.24. The molecule has 0 aliphatic carbocycles. The van der Waals surface area contributed by atoms with Crippen LogP contribution in [0.2, 0.25) is 0 Å². The van der Waals surface area contributed by atoms with Crippen LogP contribution in [0, 0.1) is 0 Å². The van der Waals surface area contributed by atoms with Crippen molar-refractivity contribution in [3.63, 3.8) is 0 Å². The van der Waals surface area contributed by atoms with E-state index in [1.54, 1.807) is 14.2 Å². The third kappa shape index (κ3) is 3.81. The molecule has 0 heterocycles. The molecule has 0 aliphatic rings. The average Bonchev–Trinajstić information content (AvgIpc) is 2.39. The molecule has 0 aromatic heterocycles. The highest BCUT2D eigenvalue weighted by atomic mass is 16.5. The minimum absolute atomic E-state index is 0.790. The third-order valence-corrected chi connectivity index (χ3v) is 3.05.